The third kappa shape index (κ3) is 39.9. The summed E-state index contributed by atoms with van der Waals surface area (Å²) in [7, 11) is 1.46. The average Bonchev–Trinajstić information content (AvgIpc) is 3.12. The van der Waals surface area contributed by atoms with Gasteiger partial charge in [0.1, 0.15) is 19.8 Å². The zero-order valence-electron chi connectivity index (χ0n) is 35.5. The van der Waals surface area contributed by atoms with Gasteiger partial charge in [-0.1, -0.05) is 147 Å². The molecular weight excluding hydrogens is 701 g/mol. The van der Waals surface area contributed by atoms with Gasteiger partial charge in [0, 0.05) is 12.8 Å². The van der Waals surface area contributed by atoms with Crippen LogP contribution in [0.5, 0.6) is 0 Å². The second kappa shape index (κ2) is 36.8. The van der Waals surface area contributed by atoms with E-state index in [9.17, 15) is 19.0 Å². The van der Waals surface area contributed by atoms with Crippen molar-refractivity contribution in [2.45, 2.75) is 187 Å². The van der Waals surface area contributed by atoms with E-state index >= 15 is 0 Å². The Balaban J connectivity index is 4.39. The van der Waals surface area contributed by atoms with Crippen molar-refractivity contribution in [3.05, 3.63) is 36.5 Å². The topological polar surface area (TPSA) is 108 Å². The Bertz CT molecular complexity index is 1020. The number of phosphoric acid groups is 1. The van der Waals surface area contributed by atoms with Gasteiger partial charge in [-0.15, -0.1) is 0 Å². The first-order valence-electron chi connectivity index (χ1n) is 21.7. The number of likely N-dealkylation sites (N-methyl/N-ethyl adjacent to an activating group) is 1. The van der Waals surface area contributed by atoms with Crippen molar-refractivity contribution >= 4 is 19.8 Å². The summed E-state index contributed by atoms with van der Waals surface area (Å²) in [6.07, 6.45) is 40.4. The van der Waals surface area contributed by atoms with Gasteiger partial charge < -0.3 is 18.9 Å². The standard InChI is InChI=1S/C44H82NO8P/c1-6-8-10-12-14-16-18-20-22-24-26-28-30-32-34-36-43(46)50-40-42(41-52-54(48,49)51-39-38-45(3,4)5)53-44(47)37-35-33-31-29-27-25-23-21-19-17-15-13-11-9-7-2/h13,15-16,18,20,22,42H,6-12,14,17,19,21,23-41H2,1-5H3/p+1/b15-13+,18-16+,22-20+/t42-/m1/s1. The van der Waals surface area contributed by atoms with Crippen LogP contribution in [-0.2, 0) is 32.7 Å². The minimum absolute atomic E-state index is 0.0286. The highest BCUT2D eigenvalue weighted by atomic mass is 31.2. The Hall–Kier alpha value is -1.77. The summed E-state index contributed by atoms with van der Waals surface area (Å²) >= 11 is 0. The predicted molar refractivity (Wildman–Crippen MR) is 224 cm³/mol. The van der Waals surface area contributed by atoms with Crippen molar-refractivity contribution in [1.29, 1.82) is 0 Å². The van der Waals surface area contributed by atoms with Gasteiger partial charge in [-0.3, -0.25) is 18.6 Å². The SMILES string of the molecule is CCCC/C=C/CCCCCCCCCCCC(=O)O[C@H](COC(=O)CCCCCCC/C=C/C=C/CCCCCC)COP(=O)(O)OCC[N+](C)(C)C. The molecule has 316 valence electrons. The number of allylic oxidation sites excluding steroid dienone is 6. The van der Waals surface area contributed by atoms with Crippen LogP contribution >= 0.6 is 7.82 Å². The fourth-order valence-electron chi connectivity index (χ4n) is 5.69. The molecule has 0 saturated carbocycles. The number of quaternary nitrogens is 1. The van der Waals surface area contributed by atoms with Gasteiger partial charge in [0.25, 0.3) is 0 Å². The molecule has 0 aromatic rings. The molecule has 0 fully saturated rings. The average molecular weight is 785 g/mol. The quantitative estimate of drug-likeness (QED) is 0.0164. The van der Waals surface area contributed by atoms with Crippen LogP contribution in [0.1, 0.15) is 181 Å². The van der Waals surface area contributed by atoms with Crippen molar-refractivity contribution in [2.24, 2.45) is 0 Å². The van der Waals surface area contributed by atoms with E-state index < -0.39 is 26.5 Å². The van der Waals surface area contributed by atoms with Crippen molar-refractivity contribution in [3.8, 4) is 0 Å². The summed E-state index contributed by atoms with van der Waals surface area (Å²) in [6, 6.07) is 0. The lowest BCUT2D eigenvalue weighted by atomic mass is 10.1. The molecule has 9 nitrogen and oxygen atoms in total. The Morgan fingerprint density at radius 3 is 1.54 bits per heavy atom. The largest absolute Gasteiger partial charge is 0.472 e. The molecule has 0 spiro atoms. The minimum atomic E-state index is -4.38. The van der Waals surface area contributed by atoms with Gasteiger partial charge in [-0.2, -0.15) is 0 Å². The summed E-state index contributed by atoms with van der Waals surface area (Å²) < 4.78 is 34.3. The van der Waals surface area contributed by atoms with E-state index in [0.29, 0.717) is 17.4 Å². The number of rotatable bonds is 39. The van der Waals surface area contributed by atoms with Crippen LogP contribution in [0, 0.1) is 0 Å². The number of phosphoric ester groups is 1. The summed E-state index contributed by atoms with van der Waals surface area (Å²) in [6.45, 7) is 4.35. The van der Waals surface area contributed by atoms with Crippen LogP contribution in [0.4, 0.5) is 0 Å². The van der Waals surface area contributed by atoms with E-state index in [1.807, 2.05) is 21.1 Å². The lowest BCUT2D eigenvalue weighted by molar-refractivity contribution is -0.870. The summed E-state index contributed by atoms with van der Waals surface area (Å²) in [5.41, 5.74) is 0. The number of carbonyl (C=O) groups is 2. The molecule has 0 aliphatic carbocycles. The number of esters is 2. The van der Waals surface area contributed by atoms with E-state index in [2.05, 4.69) is 50.3 Å². The highest BCUT2D eigenvalue weighted by Gasteiger charge is 2.27. The fraction of sp³-hybridized carbons (Fsp3) is 0.818. The van der Waals surface area contributed by atoms with Crippen molar-refractivity contribution in [1.82, 2.24) is 0 Å². The molecule has 0 aliphatic rings. The second-order valence-electron chi connectivity index (χ2n) is 15.8. The van der Waals surface area contributed by atoms with Crippen LogP contribution in [0.3, 0.4) is 0 Å². The van der Waals surface area contributed by atoms with Gasteiger partial charge in [0.15, 0.2) is 6.10 Å². The fourth-order valence-corrected chi connectivity index (χ4v) is 6.43. The second-order valence-corrected chi connectivity index (χ2v) is 17.2. The molecule has 1 N–H and O–H groups in total. The van der Waals surface area contributed by atoms with E-state index in [0.717, 1.165) is 64.2 Å². The molecule has 0 aromatic heterocycles. The molecule has 0 saturated heterocycles. The third-order valence-electron chi connectivity index (χ3n) is 9.17. The van der Waals surface area contributed by atoms with Crippen LogP contribution < -0.4 is 0 Å². The summed E-state index contributed by atoms with van der Waals surface area (Å²) in [4.78, 5) is 35.3. The lowest BCUT2D eigenvalue weighted by Gasteiger charge is -2.24. The molecule has 2 atom stereocenters. The number of ether oxygens (including phenoxy) is 2. The molecule has 0 rings (SSSR count). The van der Waals surface area contributed by atoms with Crippen LogP contribution in [0.25, 0.3) is 0 Å². The molecule has 0 radical (unpaired) electrons. The molecule has 10 heteroatoms. The van der Waals surface area contributed by atoms with Crippen LogP contribution in [0.15, 0.2) is 36.5 Å². The normalized spacial score (nSPS) is 14.0. The third-order valence-corrected chi connectivity index (χ3v) is 10.2. The molecule has 54 heavy (non-hydrogen) atoms. The van der Waals surface area contributed by atoms with E-state index in [-0.39, 0.29) is 32.0 Å². The smallest absolute Gasteiger partial charge is 0.462 e. The van der Waals surface area contributed by atoms with Gasteiger partial charge in [0.2, 0.25) is 0 Å². The molecule has 0 amide bonds. The van der Waals surface area contributed by atoms with Crippen molar-refractivity contribution in [2.75, 3.05) is 47.5 Å². The highest BCUT2D eigenvalue weighted by Crippen LogP contribution is 2.43. The number of hydrogen-bond donors (Lipinski definition) is 1. The van der Waals surface area contributed by atoms with E-state index in [4.69, 9.17) is 18.5 Å². The lowest BCUT2D eigenvalue weighted by Crippen LogP contribution is -2.37. The number of nitrogens with zero attached hydrogens (tertiary/aromatic N) is 1. The molecule has 0 aliphatic heterocycles. The Kier molecular flexibility index (Phi) is 35.6. The molecule has 0 bridgehead atoms. The van der Waals surface area contributed by atoms with Crippen LogP contribution in [-0.4, -0.2) is 74.9 Å². The minimum Gasteiger partial charge on any atom is -0.462 e. The Morgan fingerprint density at radius 1 is 0.574 bits per heavy atom. The maximum atomic E-state index is 12.7. The number of hydrogen-bond acceptors (Lipinski definition) is 7. The molecular formula is C44H83NO8P+. The maximum Gasteiger partial charge on any atom is 0.472 e. The Morgan fingerprint density at radius 2 is 1.02 bits per heavy atom. The van der Waals surface area contributed by atoms with Gasteiger partial charge in [-0.05, 0) is 57.8 Å². The molecule has 1 unspecified atom stereocenters. The zero-order chi connectivity index (χ0) is 40.0. The number of carbonyl (C=O) groups excluding carboxylic acids is 2. The van der Waals surface area contributed by atoms with E-state index in [1.165, 1.54) is 83.5 Å². The monoisotopic (exact) mass is 785 g/mol. The summed E-state index contributed by atoms with van der Waals surface area (Å²) in [5, 5.41) is 0. The van der Waals surface area contributed by atoms with Crippen molar-refractivity contribution < 1.29 is 42.1 Å². The first-order chi connectivity index (χ1) is 26.0. The Labute approximate surface area is 331 Å². The number of unbranched alkanes of at least 4 members (excludes halogenated alkanes) is 20. The van der Waals surface area contributed by atoms with Gasteiger partial charge >= 0.3 is 19.8 Å². The zero-order valence-corrected chi connectivity index (χ0v) is 36.3. The first-order valence-corrected chi connectivity index (χ1v) is 23.2. The van der Waals surface area contributed by atoms with Gasteiger partial charge in [0.05, 0.1) is 27.7 Å². The first kappa shape index (κ1) is 52.2. The van der Waals surface area contributed by atoms with Crippen molar-refractivity contribution in [3.63, 3.8) is 0 Å². The predicted octanol–water partition coefficient (Wildman–Crippen LogP) is 12.1. The molecule has 0 heterocycles. The van der Waals surface area contributed by atoms with Crippen LogP contribution in [0.2, 0.25) is 0 Å². The van der Waals surface area contributed by atoms with E-state index in [1.54, 1.807) is 0 Å². The maximum absolute atomic E-state index is 12.7. The van der Waals surface area contributed by atoms with Gasteiger partial charge in [-0.25, -0.2) is 4.57 Å². The summed E-state index contributed by atoms with van der Waals surface area (Å²) in [5.74, 6) is -0.818. The molecule has 0 aromatic carbocycles. The highest BCUT2D eigenvalue weighted by molar-refractivity contribution is 7.47.